The van der Waals surface area contributed by atoms with Crippen LogP contribution in [0.15, 0.2) is 0 Å². The van der Waals surface area contributed by atoms with Crippen molar-refractivity contribution in [2.75, 3.05) is 20.1 Å². The molecule has 0 aliphatic heterocycles. The summed E-state index contributed by atoms with van der Waals surface area (Å²) >= 11 is 0. The molecule has 1 fully saturated rings. The molecule has 0 spiro atoms. The van der Waals surface area contributed by atoms with Crippen molar-refractivity contribution in [3.63, 3.8) is 0 Å². The van der Waals surface area contributed by atoms with E-state index in [1.807, 2.05) is 7.05 Å². The maximum absolute atomic E-state index is 11.9. The van der Waals surface area contributed by atoms with Gasteiger partial charge in [-0.15, -0.1) is 12.4 Å². The summed E-state index contributed by atoms with van der Waals surface area (Å²) in [6.45, 7) is 1.79. The standard InChI is InChI=1S/C13H26N2O.ClH/c1-14-10-7-11-15-13(16)12-8-5-3-2-4-6-9-12;/h12,14H,2-11H2,1H3,(H,15,16);1H. The van der Waals surface area contributed by atoms with E-state index in [-0.39, 0.29) is 24.2 Å². The van der Waals surface area contributed by atoms with Gasteiger partial charge in [0, 0.05) is 12.5 Å². The second kappa shape index (κ2) is 10.8. The number of nitrogens with one attached hydrogen (secondary N) is 2. The summed E-state index contributed by atoms with van der Waals surface area (Å²) in [7, 11) is 1.94. The Labute approximate surface area is 112 Å². The molecule has 0 aromatic carbocycles. The minimum absolute atomic E-state index is 0. The topological polar surface area (TPSA) is 41.1 Å². The Kier molecular flexibility index (Phi) is 10.7. The van der Waals surface area contributed by atoms with Gasteiger partial charge in [-0.2, -0.15) is 0 Å². The smallest absolute Gasteiger partial charge is 0.223 e. The van der Waals surface area contributed by atoms with E-state index < -0.39 is 0 Å². The molecule has 3 nitrogen and oxygen atoms in total. The summed E-state index contributed by atoms with van der Waals surface area (Å²) in [6, 6.07) is 0. The normalized spacial score (nSPS) is 17.7. The Morgan fingerprint density at radius 3 is 2.24 bits per heavy atom. The summed E-state index contributed by atoms with van der Waals surface area (Å²) in [5.41, 5.74) is 0. The van der Waals surface area contributed by atoms with Crippen LogP contribution in [0.4, 0.5) is 0 Å². The van der Waals surface area contributed by atoms with Crippen LogP contribution in [0.3, 0.4) is 0 Å². The predicted octanol–water partition coefficient (Wildman–Crippen LogP) is 2.49. The second-order valence-corrected chi connectivity index (χ2v) is 4.79. The van der Waals surface area contributed by atoms with Crippen molar-refractivity contribution < 1.29 is 4.79 Å². The van der Waals surface area contributed by atoms with Crippen LogP contribution in [0, 0.1) is 5.92 Å². The summed E-state index contributed by atoms with van der Waals surface area (Å²) < 4.78 is 0. The highest BCUT2D eigenvalue weighted by Gasteiger charge is 2.18. The van der Waals surface area contributed by atoms with Crippen LogP contribution in [0.25, 0.3) is 0 Å². The van der Waals surface area contributed by atoms with Crippen LogP contribution in [0.2, 0.25) is 0 Å². The van der Waals surface area contributed by atoms with Crippen molar-refractivity contribution >= 4 is 18.3 Å². The van der Waals surface area contributed by atoms with Gasteiger partial charge < -0.3 is 10.6 Å². The first kappa shape index (κ1) is 16.7. The molecule has 0 radical (unpaired) electrons. The SMILES string of the molecule is CNCCCNC(=O)C1CCCCCCC1.Cl. The number of hydrogen-bond acceptors (Lipinski definition) is 2. The van der Waals surface area contributed by atoms with E-state index in [0.29, 0.717) is 0 Å². The fourth-order valence-corrected chi connectivity index (χ4v) is 2.34. The molecule has 1 aliphatic carbocycles. The van der Waals surface area contributed by atoms with Gasteiger partial charge in [0.1, 0.15) is 0 Å². The predicted molar refractivity (Wildman–Crippen MR) is 74.6 cm³/mol. The molecule has 0 saturated heterocycles. The van der Waals surface area contributed by atoms with Gasteiger partial charge in [-0.05, 0) is 32.9 Å². The first-order chi connectivity index (χ1) is 7.84. The molecular formula is C13H27ClN2O. The molecule has 1 rings (SSSR count). The van der Waals surface area contributed by atoms with Crippen molar-refractivity contribution in [2.24, 2.45) is 5.92 Å². The Hall–Kier alpha value is -0.280. The minimum Gasteiger partial charge on any atom is -0.356 e. The molecule has 1 saturated carbocycles. The first-order valence-corrected chi connectivity index (χ1v) is 6.77. The Balaban J connectivity index is 0.00000256. The van der Waals surface area contributed by atoms with Crippen molar-refractivity contribution in [3.05, 3.63) is 0 Å². The van der Waals surface area contributed by atoms with Gasteiger partial charge in [0.15, 0.2) is 0 Å². The average molecular weight is 263 g/mol. The zero-order valence-electron chi connectivity index (χ0n) is 11.0. The molecule has 1 aliphatic rings. The third-order valence-corrected chi connectivity index (χ3v) is 3.38. The van der Waals surface area contributed by atoms with Crippen LogP contribution in [-0.2, 0) is 4.79 Å². The maximum Gasteiger partial charge on any atom is 0.223 e. The highest BCUT2D eigenvalue weighted by atomic mass is 35.5. The van der Waals surface area contributed by atoms with Crippen molar-refractivity contribution in [1.82, 2.24) is 10.6 Å². The number of carbonyl (C=O) groups excluding carboxylic acids is 1. The molecule has 1 amide bonds. The number of hydrogen-bond donors (Lipinski definition) is 2. The van der Waals surface area contributed by atoms with Gasteiger partial charge >= 0.3 is 0 Å². The Morgan fingerprint density at radius 1 is 1.06 bits per heavy atom. The Bertz CT molecular complexity index is 192. The summed E-state index contributed by atoms with van der Waals surface area (Å²) in [6.07, 6.45) is 9.65. The van der Waals surface area contributed by atoms with E-state index in [1.165, 1.54) is 32.1 Å². The third kappa shape index (κ3) is 7.61. The average Bonchev–Trinajstić information content (AvgIpc) is 2.23. The molecule has 102 valence electrons. The summed E-state index contributed by atoms with van der Waals surface area (Å²) in [4.78, 5) is 11.9. The number of rotatable bonds is 5. The molecule has 0 aromatic heterocycles. The lowest BCUT2D eigenvalue weighted by Gasteiger charge is -2.19. The second-order valence-electron chi connectivity index (χ2n) is 4.79. The van der Waals surface area contributed by atoms with Crippen molar-refractivity contribution in [1.29, 1.82) is 0 Å². The van der Waals surface area contributed by atoms with E-state index >= 15 is 0 Å². The van der Waals surface area contributed by atoms with Gasteiger partial charge in [-0.25, -0.2) is 0 Å². The lowest BCUT2D eigenvalue weighted by atomic mass is 9.90. The Morgan fingerprint density at radius 2 is 1.65 bits per heavy atom. The minimum atomic E-state index is 0. The van der Waals surface area contributed by atoms with E-state index in [2.05, 4.69) is 10.6 Å². The highest BCUT2D eigenvalue weighted by molar-refractivity contribution is 5.85. The zero-order valence-corrected chi connectivity index (χ0v) is 11.8. The summed E-state index contributed by atoms with van der Waals surface area (Å²) in [5, 5.41) is 6.14. The van der Waals surface area contributed by atoms with Crippen LogP contribution in [-0.4, -0.2) is 26.0 Å². The van der Waals surface area contributed by atoms with Crippen molar-refractivity contribution in [2.45, 2.75) is 51.4 Å². The van der Waals surface area contributed by atoms with Gasteiger partial charge in [0.05, 0.1) is 0 Å². The molecule has 0 unspecified atom stereocenters. The van der Waals surface area contributed by atoms with E-state index in [0.717, 1.165) is 32.4 Å². The lowest BCUT2D eigenvalue weighted by molar-refractivity contribution is -0.125. The van der Waals surface area contributed by atoms with E-state index in [1.54, 1.807) is 0 Å². The van der Waals surface area contributed by atoms with Crippen LogP contribution < -0.4 is 10.6 Å². The molecule has 4 heteroatoms. The van der Waals surface area contributed by atoms with Gasteiger partial charge in [-0.3, -0.25) is 4.79 Å². The van der Waals surface area contributed by atoms with Crippen LogP contribution >= 0.6 is 12.4 Å². The number of amides is 1. The maximum atomic E-state index is 11.9. The van der Waals surface area contributed by atoms with Gasteiger partial charge in [0.25, 0.3) is 0 Å². The third-order valence-electron chi connectivity index (χ3n) is 3.38. The monoisotopic (exact) mass is 262 g/mol. The highest BCUT2D eigenvalue weighted by Crippen LogP contribution is 2.22. The molecule has 0 bridgehead atoms. The van der Waals surface area contributed by atoms with Gasteiger partial charge in [-0.1, -0.05) is 32.1 Å². The summed E-state index contributed by atoms with van der Waals surface area (Å²) in [5.74, 6) is 0.577. The van der Waals surface area contributed by atoms with E-state index in [4.69, 9.17) is 0 Å². The van der Waals surface area contributed by atoms with Crippen molar-refractivity contribution in [3.8, 4) is 0 Å². The lowest BCUT2D eigenvalue weighted by Crippen LogP contribution is -2.32. The molecule has 17 heavy (non-hydrogen) atoms. The fourth-order valence-electron chi connectivity index (χ4n) is 2.34. The zero-order chi connectivity index (χ0) is 11.6. The first-order valence-electron chi connectivity index (χ1n) is 6.77. The molecule has 0 aromatic rings. The number of carbonyl (C=O) groups is 1. The quantitative estimate of drug-likeness (QED) is 0.748. The molecular weight excluding hydrogens is 236 g/mol. The van der Waals surface area contributed by atoms with Crippen LogP contribution in [0.1, 0.15) is 51.4 Å². The molecule has 0 heterocycles. The largest absolute Gasteiger partial charge is 0.356 e. The number of halogens is 1. The van der Waals surface area contributed by atoms with Gasteiger partial charge in [0.2, 0.25) is 5.91 Å². The molecule has 2 N–H and O–H groups in total. The molecule has 0 atom stereocenters. The fraction of sp³-hybridized carbons (Fsp3) is 0.923. The van der Waals surface area contributed by atoms with Crippen LogP contribution in [0.5, 0.6) is 0 Å². The van der Waals surface area contributed by atoms with E-state index in [9.17, 15) is 4.79 Å².